The average molecular weight is 247 g/mol. The zero-order chi connectivity index (χ0) is 13.3. The topological polar surface area (TPSA) is 43.0 Å². The summed E-state index contributed by atoms with van der Waals surface area (Å²) in [6, 6.07) is 2.57. The van der Waals surface area contributed by atoms with Gasteiger partial charge in [-0.15, -0.1) is 0 Å². The Labute approximate surface area is 108 Å². The quantitative estimate of drug-likeness (QED) is 0.892. The summed E-state index contributed by atoms with van der Waals surface area (Å²) in [6.45, 7) is 10.5. The maximum Gasteiger partial charge on any atom is 0.0955 e. The van der Waals surface area contributed by atoms with Gasteiger partial charge < -0.3 is 9.73 Å². The van der Waals surface area contributed by atoms with E-state index in [0.717, 1.165) is 16.9 Å². The molecule has 0 saturated carbocycles. The molecule has 4 nitrogen and oxygen atoms in total. The zero-order valence-corrected chi connectivity index (χ0v) is 11.7. The van der Waals surface area contributed by atoms with E-state index >= 15 is 0 Å². The SMILES string of the molecule is Cc1nn(C(C)C)c(C)c1NC(C)c1ccoc1. The van der Waals surface area contributed by atoms with Crippen molar-refractivity contribution >= 4 is 5.69 Å². The first-order valence-corrected chi connectivity index (χ1v) is 6.35. The van der Waals surface area contributed by atoms with Crippen molar-refractivity contribution in [2.24, 2.45) is 0 Å². The lowest BCUT2D eigenvalue weighted by Gasteiger charge is -2.14. The van der Waals surface area contributed by atoms with E-state index in [1.807, 2.05) is 13.0 Å². The minimum Gasteiger partial charge on any atom is -0.472 e. The Morgan fingerprint density at radius 3 is 2.50 bits per heavy atom. The summed E-state index contributed by atoms with van der Waals surface area (Å²) in [7, 11) is 0. The van der Waals surface area contributed by atoms with Gasteiger partial charge in [0.2, 0.25) is 0 Å². The van der Waals surface area contributed by atoms with Gasteiger partial charge in [-0.1, -0.05) is 0 Å². The monoisotopic (exact) mass is 247 g/mol. The van der Waals surface area contributed by atoms with Crippen LogP contribution < -0.4 is 5.32 Å². The van der Waals surface area contributed by atoms with Crippen LogP contribution in [-0.4, -0.2) is 9.78 Å². The molecule has 0 saturated heterocycles. The summed E-state index contributed by atoms with van der Waals surface area (Å²) in [5.74, 6) is 0. The molecule has 1 unspecified atom stereocenters. The van der Waals surface area contributed by atoms with Crippen molar-refractivity contribution in [1.29, 1.82) is 0 Å². The molecule has 2 aromatic rings. The van der Waals surface area contributed by atoms with E-state index in [1.54, 1.807) is 12.5 Å². The maximum absolute atomic E-state index is 5.12. The highest BCUT2D eigenvalue weighted by atomic mass is 16.3. The highest BCUT2D eigenvalue weighted by Crippen LogP contribution is 2.26. The Morgan fingerprint density at radius 2 is 2.00 bits per heavy atom. The summed E-state index contributed by atoms with van der Waals surface area (Å²) in [6.07, 6.45) is 3.47. The van der Waals surface area contributed by atoms with Crippen LogP contribution in [0.5, 0.6) is 0 Å². The van der Waals surface area contributed by atoms with Gasteiger partial charge in [0.1, 0.15) is 0 Å². The van der Waals surface area contributed by atoms with Crippen LogP contribution in [0.3, 0.4) is 0 Å². The standard InChI is InChI=1S/C14H21N3O/c1-9(2)17-12(5)14(11(4)16-17)15-10(3)13-6-7-18-8-13/h6-10,15H,1-5H3. The number of aryl methyl sites for hydroxylation is 1. The van der Waals surface area contributed by atoms with Gasteiger partial charge in [0.05, 0.1) is 35.6 Å². The number of hydrogen-bond acceptors (Lipinski definition) is 3. The zero-order valence-electron chi connectivity index (χ0n) is 11.7. The first-order valence-electron chi connectivity index (χ1n) is 6.35. The first kappa shape index (κ1) is 12.7. The molecular weight excluding hydrogens is 226 g/mol. The van der Waals surface area contributed by atoms with Crippen molar-refractivity contribution in [2.45, 2.75) is 46.7 Å². The summed E-state index contributed by atoms with van der Waals surface area (Å²) in [5.41, 5.74) is 4.48. The van der Waals surface area contributed by atoms with Crippen LogP contribution in [0.2, 0.25) is 0 Å². The second kappa shape index (κ2) is 4.88. The van der Waals surface area contributed by atoms with Crippen LogP contribution in [0, 0.1) is 13.8 Å². The normalized spacial score (nSPS) is 13.0. The fraction of sp³-hybridized carbons (Fsp3) is 0.500. The van der Waals surface area contributed by atoms with E-state index in [1.165, 1.54) is 5.69 Å². The lowest BCUT2D eigenvalue weighted by atomic mass is 10.1. The number of aromatic nitrogens is 2. The van der Waals surface area contributed by atoms with E-state index in [4.69, 9.17) is 4.42 Å². The van der Waals surface area contributed by atoms with Crippen molar-refractivity contribution in [3.8, 4) is 0 Å². The molecule has 2 heterocycles. The molecule has 1 atom stereocenters. The fourth-order valence-electron chi connectivity index (χ4n) is 2.20. The Balaban J connectivity index is 2.24. The van der Waals surface area contributed by atoms with Crippen molar-refractivity contribution in [2.75, 3.05) is 5.32 Å². The lowest BCUT2D eigenvalue weighted by Crippen LogP contribution is -2.08. The molecule has 0 aliphatic heterocycles. The van der Waals surface area contributed by atoms with Crippen molar-refractivity contribution in [1.82, 2.24) is 9.78 Å². The third kappa shape index (κ3) is 2.28. The minimum absolute atomic E-state index is 0.214. The molecule has 0 radical (unpaired) electrons. The van der Waals surface area contributed by atoms with Gasteiger partial charge in [0.25, 0.3) is 0 Å². The van der Waals surface area contributed by atoms with E-state index in [2.05, 4.69) is 42.8 Å². The van der Waals surface area contributed by atoms with Gasteiger partial charge in [-0.3, -0.25) is 4.68 Å². The van der Waals surface area contributed by atoms with Crippen LogP contribution in [0.15, 0.2) is 23.0 Å². The first-order chi connectivity index (χ1) is 8.50. The summed E-state index contributed by atoms with van der Waals surface area (Å²) in [4.78, 5) is 0. The summed E-state index contributed by atoms with van der Waals surface area (Å²) < 4.78 is 7.17. The summed E-state index contributed by atoms with van der Waals surface area (Å²) in [5, 5.41) is 8.09. The van der Waals surface area contributed by atoms with E-state index in [0.29, 0.717) is 6.04 Å². The molecule has 0 fully saturated rings. The van der Waals surface area contributed by atoms with Crippen LogP contribution in [0.1, 0.15) is 49.8 Å². The molecule has 0 amide bonds. The van der Waals surface area contributed by atoms with E-state index in [9.17, 15) is 0 Å². The highest BCUT2D eigenvalue weighted by molar-refractivity contribution is 5.53. The lowest BCUT2D eigenvalue weighted by molar-refractivity contribution is 0.516. The Morgan fingerprint density at radius 1 is 1.28 bits per heavy atom. The molecular formula is C14H21N3O. The van der Waals surface area contributed by atoms with Crippen LogP contribution in [0.25, 0.3) is 0 Å². The smallest absolute Gasteiger partial charge is 0.0955 e. The number of nitrogens with one attached hydrogen (secondary N) is 1. The van der Waals surface area contributed by atoms with Gasteiger partial charge in [-0.25, -0.2) is 0 Å². The number of furan rings is 1. The molecule has 4 heteroatoms. The van der Waals surface area contributed by atoms with Crippen LogP contribution in [-0.2, 0) is 0 Å². The molecule has 18 heavy (non-hydrogen) atoms. The molecule has 1 N–H and O–H groups in total. The predicted octanol–water partition coefficient (Wildman–Crippen LogP) is 3.85. The second-order valence-corrected chi connectivity index (χ2v) is 5.01. The Kier molecular flexibility index (Phi) is 3.45. The van der Waals surface area contributed by atoms with Gasteiger partial charge in [-0.2, -0.15) is 5.10 Å². The summed E-state index contributed by atoms with van der Waals surface area (Å²) >= 11 is 0. The molecule has 98 valence electrons. The fourth-order valence-corrected chi connectivity index (χ4v) is 2.20. The van der Waals surface area contributed by atoms with Crippen molar-refractivity contribution < 1.29 is 4.42 Å². The van der Waals surface area contributed by atoms with Crippen molar-refractivity contribution in [3.63, 3.8) is 0 Å². The average Bonchev–Trinajstić information content (AvgIpc) is 2.92. The third-order valence-corrected chi connectivity index (χ3v) is 3.22. The number of anilines is 1. The highest BCUT2D eigenvalue weighted by Gasteiger charge is 2.16. The van der Waals surface area contributed by atoms with E-state index in [-0.39, 0.29) is 6.04 Å². The Bertz CT molecular complexity index is 511. The second-order valence-electron chi connectivity index (χ2n) is 5.01. The minimum atomic E-state index is 0.214. The molecule has 0 aliphatic rings. The Hall–Kier alpha value is -1.71. The van der Waals surface area contributed by atoms with E-state index < -0.39 is 0 Å². The van der Waals surface area contributed by atoms with Gasteiger partial charge in [0.15, 0.2) is 0 Å². The third-order valence-electron chi connectivity index (χ3n) is 3.22. The van der Waals surface area contributed by atoms with Crippen LogP contribution >= 0.6 is 0 Å². The van der Waals surface area contributed by atoms with Gasteiger partial charge in [-0.05, 0) is 40.7 Å². The predicted molar refractivity (Wildman–Crippen MR) is 72.8 cm³/mol. The molecule has 0 spiro atoms. The number of hydrogen-bond donors (Lipinski definition) is 1. The largest absolute Gasteiger partial charge is 0.472 e. The number of nitrogens with zero attached hydrogens (tertiary/aromatic N) is 2. The van der Waals surface area contributed by atoms with Gasteiger partial charge >= 0.3 is 0 Å². The van der Waals surface area contributed by atoms with Gasteiger partial charge in [0, 0.05) is 11.6 Å². The van der Waals surface area contributed by atoms with Crippen LogP contribution in [0.4, 0.5) is 5.69 Å². The molecule has 0 bridgehead atoms. The molecule has 2 aromatic heterocycles. The molecule has 0 aliphatic carbocycles. The molecule has 2 rings (SSSR count). The number of rotatable bonds is 4. The van der Waals surface area contributed by atoms with Crippen molar-refractivity contribution in [3.05, 3.63) is 35.5 Å². The maximum atomic E-state index is 5.12. The molecule has 0 aromatic carbocycles.